The Morgan fingerprint density at radius 1 is 1.52 bits per heavy atom. The molecule has 3 heterocycles. The fourth-order valence-electron chi connectivity index (χ4n) is 3.62. The number of imidazole rings is 1. The quantitative estimate of drug-likeness (QED) is 0.920. The number of nitrogens with zero attached hydrogens (tertiary/aromatic N) is 3. The molecule has 1 aromatic heterocycles. The Labute approximate surface area is 143 Å². The minimum absolute atomic E-state index is 0.114. The number of aromatic nitrogens is 2. The maximum absolute atomic E-state index is 12.5. The number of urea groups is 1. The molecule has 2 aliphatic rings. The van der Waals surface area contributed by atoms with Crippen LogP contribution in [-0.2, 0) is 13.5 Å². The fourth-order valence-corrected chi connectivity index (χ4v) is 4.86. The predicted octanol–water partition coefficient (Wildman–Crippen LogP) is 2.67. The third kappa shape index (κ3) is 4.22. The number of rotatable bonds is 4. The molecule has 0 aromatic carbocycles. The highest BCUT2D eigenvalue weighted by Gasteiger charge is 2.31. The number of amides is 2. The average Bonchev–Trinajstić information content (AvgIpc) is 3.15. The summed E-state index contributed by atoms with van der Waals surface area (Å²) in [4.78, 5) is 18.9. The number of aryl methyl sites for hydroxylation is 1. The summed E-state index contributed by atoms with van der Waals surface area (Å²) in [5.41, 5.74) is 0. The van der Waals surface area contributed by atoms with Crippen molar-refractivity contribution in [3.05, 3.63) is 18.2 Å². The van der Waals surface area contributed by atoms with Crippen LogP contribution in [0.25, 0.3) is 0 Å². The van der Waals surface area contributed by atoms with Gasteiger partial charge in [-0.3, -0.25) is 0 Å². The third-order valence-electron chi connectivity index (χ3n) is 5.11. The van der Waals surface area contributed by atoms with Gasteiger partial charge in [-0.15, -0.1) is 0 Å². The van der Waals surface area contributed by atoms with Gasteiger partial charge in [-0.2, -0.15) is 11.8 Å². The Hall–Kier alpha value is -1.17. The van der Waals surface area contributed by atoms with Gasteiger partial charge < -0.3 is 14.8 Å². The number of thioether (sulfide) groups is 1. The Morgan fingerprint density at radius 2 is 2.39 bits per heavy atom. The Balaban J connectivity index is 1.49. The lowest BCUT2D eigenvalue weighted by Gasteiger charge is -2.34. The molecule has 23 heavy (non-hydrogen) atoms. The first-order valence-corrected chi connectivity index (χ1v) is 9.67. The molecule has 3 rings (SSSR count). The van der Waals surface area contributed by atoms with E-state index >= 15 is 0 Å². The highest BCUT2D eigenvalue weighted by atomic mass is 32.2. The molecular weight excluding hydrogens is 308 g/mol. The molecule has 2 saturated heterocycles. The van der Waals surface area contributed by atoms with Gasteiger partial charge in [0.25, 0.3) is 0 Å². The van der Waals surface area contributed by atoms with E-state index in [1.165, 1.54) is 25.0 Å². The summed E-state index contributed by atoms with van der Waals surface area (Å²) in [5, 5.41) is 3.17. The Bertz CT molecular complexity index is 538. The van der Waals surface area contributed by atoms with Crippen LogP contribution in [0.1, 0.15) is 38.4 Å². The smallest absolute Gasteiger partial charge is 0.317 e. The largest absolute Gasteiger partial charge is 0.338 e. The molecule has 6 heteroatoms. The van der Waals surface area contributed by atoms with E-state index in [-0.39, 0.29) is 10.8 Å². The van der Waals surface area contributed by atoms with E-state index in [4.69, 9.17) is 0 Å². The molecule has 0 aliphatic carbocycles. The van der Waals surface area contributed by atoms with E-state index < -0.39 is 0 Å². The summed E-state index contributed by atoms with van der Waals surface area (Å²) in [7, 11) is 2.04. The first-order chi connectivity index (χ1) is 11.1. The van der Waals surface area contributed by atoms with E-state index in [9.17, 15) is 4.79 Å². The summed E-state index contributed by atoms with van der Waals surface area (Å²) in [6, 6.07) is 0.114. The molecular formula is C17H28N4OS. The summed E-state index contributed by atoms with van der Waals surface area (Å²) in [6.45, 7) is 4.79. The van der Waals surface area contributed by atoms with Gasteiger partial charge in [0, 0.05) is 50.2 Å². The third-order valence-corrected chi connectivity index (χ3v) is 6.65. The normalized spacial score (nSPS) is 28.1. The lowest BCUT2D eigenvalue weighted by Crippen LogP contribution is -2.48. The van der Waals surface area contributed by atoms with Gasteiger partial charge in [0.1, 0.15) is 5.82 Å². The molecule has 0 saturated carbocycles. The van der Waals surface area contributed by atoms with E-state index in [2.05, 4.69) is 21.8 Å². The highest BCUT2D eigenvalue weighted by Crippen LogP contribution is 2.37. The second-order valence-electron chi connectivity index (χ2n) is 7.17. The number of hydrogen-bond donors (Lipinski definition) is 1. The maximum atomic E-state index is 12.5. The monoisotopic (exact) mass is 336 g/mol. The van der Waals surface area contributed by atoms with E-state index in [0.717, 1.165) is 38.3 Å². The lowest BCUT2D eigenvalue weighted by atomic mass is 9.94. The first-order valence-electron chi connectivity index (χ1n) is 8.69. The number of carbonyl (C=O) groups is 1. The standard InChI is InChI=1S/C17H28N4OS/c1-17(6-4-10-23-17)13-19-16(22)21-8-3-5-14(12-21)11-15-18-7-9-20(15)2/h7,9,14H,3-6,8,10-13H2,1-2H3,(H,19,22)/t14-,17+/m1/s1. The zero-order valence-corrected chi connectivity index (χ0v) is 15.1. The van der Waals surface area contributed by atoms with Crippen molar-refractivity contribution in [2.24, 2.45) is 13.0 Å². The minimum Gasteiger partial charge on any atom is -0.338 e. The fraction of sp³-hybridized carbons (Fsp3) is 0.765. The van der Waals surface area contributed by atoms with Crippen LogP contribution in [0, 0.1) is 5.92 Å². The summed E-state index contributed by atoms with van der Waals surface area (Å²) >= 11 is 1.99. The van der Waals surface area contributed by atoms with Gasteiger partial charge in [0.15, 0.2) is 0 Å². The van der Waals surface area contributed by atoms with E-state index in [0.29, 0.717) is 5.92 Å². The minimum atomic E-state index is 0.114. The molecule has 2 aliphatic heterocycles. The number of nitrogens with one attached hydrogen (secondary N) is 1. The van der Waals surface area contributed by atoms with Crippen molar-refractivity contribution >= 4 is 17.8 Å². The van der Waals surface area contributed by atoms with Gasteiger partial charge in [0.05, 0.1) is 0 Å². The van der Waals surface area contributed by atoms with E-state index in [1.54, 1.807) is 0 Å². The SMILES string of the molecule is Cn1ccnc1C[C@H]1CCCN(C(=O)NC[C@]2(C)CCCS2)C1. The second-order valence-corrected chi connectivity index (χ2v) is 8.86. The van der Waals surface area contributed by atoms with Gasteiger partial charge in [-0.1, -0.05) is 0 Å². The zero-order chi connectivity index (χ0) is 16.3. The number of likely N-dealkylation sites (tertiary alicyclic amines) is 1. The van der Waals surface area contributed by atoms with Crippen molar-refractivity contribution in [3.8, 4) is 0 Å². The van der Waals surface area contributed by atoms with Crippen molar-refractivity contribution in [2.75, 3.05) is 25.4 Å². The van der Waals surface area contributed by atoms with Crippen molar-refractivity contribution in [3.63, 3.8) is 0 Å². The molecule has 0 spiro atoms. The predicted molar refractivity (Wildman–Crippen MR) is 94.7 cm³/mol. The molecule has 0 unspecified atom stereocenters. The summed E-state index contributed by atoms with van der Waals surface area (Å²) in [6.07, 6.45) is 9.55. The molecule has 1 aromatic rings. The van der Waals surface area contributed by atoms with Crippen LogP contribution < -0.4 is 5.32 Å². The van der Waals surface area contributed by atoms with Crippen molar-refractivity contribution in [1.29, 1.82) is 0 Å². The lowest BCUT2D eigenvalue weighted by molar-refractivity contribution is 0.163. The molecule has 5 nitrogen and oxygen atoms in total. The van der Waals surface area contributed by atoms with Gasteiger partial charge in [-0.05, 0) is 44.3 Å². The average molecular weight is 337 g/mol. The van der Waals surface area contributed by atoms with Gasteiger partial charge >= 0.3 is 6.03 Å². The van der Waals surface area contributed by atoms with Crippen LogP contribution in [-0.4, -0.2) is 50.6 Å². The summed E-state index contributed by atoms with van der Waals surface area (Å²) < 4.78 is 2.31. The molecule has 128 valence electrons. The van der Waals surface area contributed by atoms with Gasteiger partial charge in [0.2, 0.25) is 0 Å². The molecule has 2 atom stereocenters. The van der Waals surface area contributed by atoms with Crippen LogP contribution >= 0.6 is 11.8 Å². The van der Waals surface area contributed by atoms with Crippen molar-refractivity contribution in [1.82, 2.24) is 19.8 Å². The van der Waals surface area contributed by atoms with Crippen LogP contribution in [0.4, 0.5) is 4.79 Å². The molecule has 2 fully saturated rings. The number of piperidine rings is 1. The molecule has 2 amide bonds. The maximum Gasteiger partial charge on any atom is 0.317 e. The van der Waals surface area contributed by atoms with Crippen LogP contribution in [0.15, 0.2) is 12.4 Å². The van der Waals surface area contributed by atoms with Crippen molar-refractivity contribution in [2.45, 2.75) is 43.8 Å². The first kappa shape index (κ1) is 16.7. The van der Waals surface area contributed by atoms with E-state index in [1.807, 2.05) is 36.1 Å². The molecule has 0 bridgehead atoms. The zero-order valence-electron chi connectivity index (χ0n) is 14.3. The molecule has 1 N–H and O–H groups in total. The van der Waals surface area contributed by atoms with Crippen LogP contribution in [0.3, 0.4) is 0 Å². The van der Waals surface area contributed by atoms with Crippen LogP contribution in [0.2, 0.25) is 0 Å². The molecule has 0 radical (unpaired) electrons. The Kier molecular flexibility index (Phi) is 5.19. The van der Waals surface area contributed by atoms with Crippen molar-refractivity contribution < 1.29 is 4.79 Å². The Morgan fingerprint density at radius 3 is 3.09 bits per heavy atom. The number of carbonyl (C=O) groups excluding carboxylic acids is 1. The highest BCUT2D eigenvalue weighted by molar-refractivity contribution is 8.00. The number of hydrogen-bond acceptors (Lipinski definition) is 3. The topological polar surface area (TPSA) is 50.2 Å². The van der Waals surface area contributed by atoms with Gasteiger partial charge in [-0.25, -0.2) is 9.78 Å². The van der Waals surface area contributed by atoms with Crippen LogP contribution in [0.5, 0.6) is 0 Å². The second kappa shape index (κ2) is 7.16. The summed E-state index contributed by atoms with van der Waals surface area (Å²) in [5.74, 6) is 2.86.